The molecule has 0 saturated heterocycles. The SMILES string of the molecule is CCOC(=O)c1ccc(Nc2nc(C)cc(NCc3ccccc3)n2)cc1. The second-order valence-corrected chi connectivity index (χ2v) is 5.98. The number of carbonyl (C=O) groups excluding carboxylic acids is 1. The predicted octanol–water partition coefficient (Wildman–Crippen LogP) is 4.32. The van der Waals surface area contributed by atoms with Gasteiger partial charge in [0.2, 0.25) is 5.95 Å². The van der Waals surface area contributed by atoms with Gasteiger partial charge >= 0.3 is 5.97 Å². The van der Waals surface area contributed by atoms with Crippen molar-refractivity contribution < 1.29 is 9.53 Å². The van der Waals surface area contributed by atoms with Crippen LogP contribution < -0.4 is 10.6 Å². The van der Waals surface area contributed by atoms with E-state index >= 15 is 0 Å². The van der Waals surface area contributed by atoms with Crippen molar-refractivity contribution in [2.45, 2.75) is 20.4 Å². The lowest BCUT2D eigenvalue weighted by molar-refractivity contribution is 0.0526. The molecule has 0 bridgehead atoms. The molecule has 0 aliphatic heterocycles. The van der Waals surface area contributed by atoms with Crippen molar-refractivity contribution in [3.63, 3.8) is 0 Å². The van der Waals surface area contributed by atoms with Gasteiger partial charge in [-0.15, -0.1) is 0 Å². The first-order valence-electron chi connectivity index (χ1n) is 8.81. The number of benzene rings is 2. The Morgan fingerprint density at radius 1 is 1.04 bits per heavy atom. The second-order valence-electron chi connectivity index (χ2n) is 5.98. The van der Waals surface area contributed by atoms with Gasteiger partial charge < -0.3 is 15.4 Å². The van der Waals surface area contributed by atoms with E-state index in [4.69, 9.17) is 4.74 Å². The number of ether oxygens (including phenoxy) is 1. The summed E-state index contributed by atoms with van der Waals surface area (Å²) in [4.78, 5) is 20.6. The lowest BCUT2D eigenvalue weighted by Crippen LogP contribution is -2.06. The van der Waals surface area contributed by atoms with Gasteiger partial charge in [-0.05, 0) is 43.7 Å². The molecule has 6 heteroatoms. The average Bonchev–Trinajstić information content (AvgIpc) is 2.67. The molecule has 138 valence electrons. The summed E-state index contributed by atoms with van der Waals surface area (Å²) < 4.78 is 4.99. The maximum Gasteiger partial charge on any atom is 0.338 e. The largest absolute Gasteiger partial charge is 0.462 e. The van der Waals surface area contributed by atoms with Gasteiger partial charge in [0.05, 0.1) is 12.2 Å². The van der Waals surface area contributed by atoms with Gasteiger partial charge in [0.1, 0.15) is 5.82 Å². The van der Waals surface area contributed by atoms with Gasteiger partial charge in [-0.2, -0.15) is 4.98 Å². The minimum Gasteiger partial charge on any atom is -0.462 e. The summed E-state index contributed by atoms with van der Waals surface area (Å²) in [6.07, 6.45) is 0. The highest BCUT2D eigenvalue weighted by molar-refractivity contribution is 5.89. The number of rotatable bonds is 7. The van der Waals surface area contributed by atoms with E-state index < -0.39 is 0 Å². The van der Waals surface area contributed by atoms with Gasteiger partial charge in [-0.1, -0.05) is 30.3 Å². The van der Waals surface area contributed by atoms with Gasteiger partial charge in [0.25, 0.3) is 0 Å². The summed E-state index contributed by atoms with van der Waals surface area (Å²) in [5.74, 6) is 0.912. The zero-order valence-corrected chi connectivity index (χ0v) is 15.4. The van der Waals surface area contributed by atoms with Gasteiger partial charge in [-0.3, -0.25) is 0 Å². The number of nitrogens with zero attached hydrogens (tertiary/aromatic N) is 2. The van der Waals surface area contributed by atoms with E-state index in [0.29, 0.717) is 24.7 Å². The molecule has 2 N–H and O–H groups in total. The zero-order chi connectivity index (χ0) is 19.1. The summed E-state index contributed by atoms with van der Waals surface area (Å²) in [6, 6.07) is 19.1. The van der Waals surface area contributed by atoms with E-state index in [9.17, 15) is 4.79 Å². The molecule has 2 aromatic carbocycles. The number of anilines is 3. The molecular formula is C21H22N4O2. The Balaban J connectivity index is 1.68. The fourth-order valence-corrected chi connectivity index (χ4v) is 2.54. The van der Waals surface area contributed by atoms with Crippen molar-refractivity contribution in [2.24, 2.45) is 0 Å². The summed E-state index contributed by atoms with van der Waals surface area (Å²) in [6.45, 7) is 4.75. The van der Waals surface area contributed by atoms with E-state index in [1.54, 1.807) is 31.2 Å². The molecule has 0 aliphatic rings. The van der Waals surface area contributed by atoms with Crippen LogP contribution in [0.4, 0.5) is 17.5 Å². The number of hydrogen-bond donors (Lipinski definition) is 2. The first kappa shape index (κ1) is 18.4. The van der Waals surface area contributed by atoms with E-state index in [-0.39, 0.29) is 5.97 Å². The normalized spacial score (nSPS) is 10.3. The van der Waals surface area contributed by atoms with Gasteiger partial charge in [0.15, 0.2) is 0 Å². The monoisotopic (exact) mass is 362 g/mol. The summed E-state index contributed by atoms with van der Waals surface area (Å²) >= 11 is 0. The highest BCUT2D eigenvalue weighted by Crippen LogP contribution is 2.17. The molecule has 3 rings (SSSR count). The van der Waals surface area contributed by atoms with Crippen molar-refractivity contribution in [2.75, 3.05) is 17.2 Å². The molecule has 0 radical (unpaired) electrons. The van der Waals surface area contributed by atoms with E-state index in [0.717, 1.165) is 17.2 Å². The molecule has 0 fully saturated rings. The summed E-state index contributed by atoms with van der Waals surface area (Å²) in [5.41, 5.74) is 3.34. The first-order chi connectivity index (χ1) is 13.1. The lowest BCUT2D eigenvalue weighted by atomic mass is 10.2. The Morgan fingerprint density at radius 2 is 1.78 bits per heavy atom. The highest BCUT2D eigenvalue weighted by Gasteiger charge is 2.07. The van der Waals surface area contributed by atoms with Crippen LogP contribution in [-0.4, -0.2) is 22.5 Å². The molecule has 0 spiro atoms. The number of aromatic nitrogens is 2. The van der Waals surface area contributed by atoms with Crippen LogP contribution in [0.1, 0.15) is 28.5 Å². The predicted molar refractivity (Wildman–Crippen MR) is 106 cm³/mol. The maximum atomic E-state index is 11.7. The van der Waals surface area contributed by atoms with Crippen molar-refractivity contribution in [1.82, 2.24) is 9.97 Å². The smallest absolute Gasteiger partial charge is 0.338 e. The zero-order valence-electron chi connectivity index (χ0n) is 15.4. The Labute approximate surface area is 158 Å². The third-order valence-corrected chi connectivity index (χ3v) is 3.82. The first-order valence-corrected chi connectivity index (χ1v) is 8.81. The number of carbonyl (C=O) groups is 1. The standard InChI is InChI=1S/C21H22N4O2/c1-3-27-20(26)17-9-11-18(12-10-17)24-21-23-15(2)13-19(25-21)22-14-16-7-5-4-6-8-16/h4-13H,3,14H2,1-2H3,(H2,22,23,24,25). The molecule has 6 nitrogen and oxygen atoms in total. The van der Waals surface area contributed by atoms with Crippen molar-refractivity contribution in [3.8, 4) is 0 Å². The molecule has 0 atom stereocenters. The number of hydrogen-bond acceptors (Lipinski definition) is 6. The molecule has 0 aliphatic carbocycles. The van der Waals surface area contributed by atoms with E-state index in [2.05, 4.69) is 32.7 Å². The minimum atomic E-state index is -0.330. The van der Waals surface area contributed by atoms with Crippen LogP contribution in [0.25, 0.3) is 0 Å². The molecular weight excluding hydrogens is 340 g/mol. The van der Waals surface area contributed by atoms with Crippen LogP contribution >= 0.6 is 0 Å². The molecule has 0 saturated carbocycles. The fourth-order valence-electron chi connectivity index (χ4n) is 2.54. The van der Waals surface area contributed by atoms with Crippen LogP contribution in [0, 0.1) is 6.92 Å². The maximum absolute atomic E-state index is 11.7. The lowest BCUT2D eigenvalue weighted by Gasteiger charge is -2.10. The van der Waals surface area contributed by atoms with Crippen molar-refractivity contribution in [1.29, 1.82) is 0 Å². The molecule has 0 unspecified atom stereocenters. The topological polar surface area (TPSA) is 76.1 Å². The molecule has 0 amide bonds. The van der Waals surface area contributed by atoms with Gasteiger partial charge in [-0.25, -0.2) is 9.78 Å². The van der Waals surface area contributed by atoms with Gasteiger partial charge in [0, 0.05) is 24.0 Å². The Bertz CT molecular complexity index is 896. The molecule has 1 aromatic heterocycles. The average molecular weight is 362 g/mol. The van der Waals surface area contributed by atoms with Crippen LogP contribution in [0.15, 0.2) is 60.7 Å². The Kier molecular flexibility index (Phi) is 5.99. The van der Waals surface area contributed by atoms with Crippen LogP contribution in [0.3, 0.4) is 0 Å². The van der Waals surface area contributed by atoms with Crippen molar-refractivity contribution >= 4 is 23.4 Å². The van der Waals surface area contributed by atoms with Crippen LogP contribution in [-0.2, 0) is 11.3 Å². The third-order valence-electron chi connectivity index (χ3n) is 3.82. The summed E-state index contributed by atoms with van der Waals surface area (Å²) in [7, 11) is 0. The fraction of sp³-hybridized carbons (Fsp3) is 0.190. The molecule has 3 aromatic rings. The Hall–Kier alpha value is -3.41. The number of nitrogens with one attached hydrogen (secondary N) is 2. The Morgan fingerprint density at radius 3 is 2.48 bits per heavy atom. The van der Waals surface area contributed by atoms with E-state index in [1.807, 2.05) is 31.2 Å². The van der Waals surface area contributed by atoms with Crippen LogP contribution in [0.5, 0.6) is 0 Å². The quantitative estimate of drug-likeness (QED) is 0.610. The van der Waals surface area contributed by atoms with Crippen LogP contribution in [0.2, 0.25) is 0 Å². The molecule has 1 heterocycles. The van der Waals surface area contributed by atoms with Crippen molar-refractivity contribution in [3.05, 3.63) is 77.5 Å². The number of aryl methyl sites for hydroxylation is 1. The third kappa shape index (κ3) is 5.28. The number of esters is 1. The molecule has 27 heavy (non-hydrogen) atoms. The minimum absolute atomic E-state index is 0.330. The van der Waals surface area contributed by atoms with E-state index in [1.165, 1.54) is 5.56 Å². The second kappa shape index (κ2) is 8.80. The summed E-state index contributed by atoms with van der Waals surface area (Å²) in [5, 5.41) is 6.48. The highest BCUT2D eigenvalue weighted by atomic mass is 16.5.